The van der Waals surface area contributed by atoms with E-state index in [1.54, 1.807) is 0 Å². The second kappa shape index (κ2) is 4.89. The highest BCUT2D eigenvalue weighted by molar-refractivity contribution is 6.30. The van der Waals surface area contributed by atoms with E-state index in [0.717, 1.165) is 12.8 Å². The average Bonchev–Trinajstić information content (AvgIpc) is 2.62. The second-order valence-corrected chi connectivity index (χ2v) is 4.50. The molecule has 0 bridgehead atoms. The van der Waals surface area contributed by atoms with Crippen molar-refractivity contribution in [1.82, 2.24) is 9.97 Å². The molecule has 0 aliphatic heterocycles. The van der Waals surface area contributed by atoms with Crippen molar-refractivity contribution in [2.75, 3.05) is 5.32 Å². The molecule has 0 aromatic carbocycles. The summed E-state index contributed by atoms with van der Waals surface area (Å²) in [7, 11) is 0. The van der Waals surface area contributed by atoms with Crippen LogP contribution in [0.15, 0.2) is 6.20 Å². The molecule has 0 amide bonds. The maximum atomic E-state index is 12.4. The Hall–Kier alpha value is -1.08. The topological polar surface area (TPSA) is 58.0 Å². The Kier molecular flexibility index (Phi) is 3.63. The number of nitrogens with zero attached hydrogens (tertiary/aromatic N) is 2. The van der Waals surface area contributed by atoms with Gasteiger partial charge in [0.2, 0.25) is 5.95 Å². The highest BCUT2D eigenvalue weighted by Crippen LogP contribution is 2.33. The maximum Gasteiger partial charge on any atom is 0.420 e. The van der Waals surface area contributed by atoms with Gasteiger partial charge in [0.05, 0.1) is 12.1 Å². The van der Waals surface area contributed by atoms with Crippen molar-refractivity contribution in [3.8, 4) is 0 Å². The minimum Gasteiger partial charge on any atom is -0.391 e. The summed E-state index contributed by atoms with van der Waals surface area (Å²) in [5.74, 6) is -0.000972. The molecule has 1 saturated carbocycles. The lowest BCUT2D eigenvalue weighted by Gasteiger charge is -2.17. The van der Waals surface area contributed by atoms with Gasteiger partial charge in [0, 0.05) is 6.20 Å². The van der Waals surface area contributed by atoms with Gasteiger partial charge in [-0.3, -0.25) is 0 Å². The summed E-state index contributed by atoms with van der Waals surface area (Å²) in [6.45, 7) is 0. The molecule has 4 nitrogen and oxygen atoms in total. The zero-order chi connectivity index (χ0) is 13.3. The molecule has 2 atom stereocenters. The summed E-state index contributed by atoms with van der Waals surface area (Å²) in [5.41, 5.74) is -1.07. The van der Waals surface area contributed by atoms with Crippen molar-refractivity contribution in [1.29, 1.82) is 0 Å². The summed E-state index contributed by atoms with van der Waals surface area (Å²) in [5, 5.41) is 11.7. The standard InChI is InChI=1S/C10H11ClF3N3O/c11-8-5(10(12,13)14)4-15-9(17-8)16-6-2-1-3-7(6)18/h4,6-7,18H,1-3H2,(H,15,16,17)/t6-,7+/m0/s1. The van der Waals surface area contributed by atoms with Crippen LogP contribution >= 0.6 is 11.6 Å². The molecular weight excluding hydrogens is 271 g/mol. The van der Waals surface area contributed by atoms with E-state index < -0.39 is 23.0 Å². The van der Waals surface area contributed by atoms with Crippen molar-refractivity contribution in [3.63, 3.8) is 0 Å². The lowest BCUT2D eigenvalue weighted by Crippen LogP contribution is -2.29. The number of aromatic nitrogens is 2. The van der Waals surface area contributed by atoms with E-state index in [1.165, 1.54) is 0 Å². The van der Waals surface area contributed by atoms with Gasteiger partial charge in [0.15, 0.2) is 0 Å². The maximum absolute atomic E-state index is 12.4. The van der Waals surface area contributed by atoms with Crippen LogP contribution < -0.4 is 5.32 Å². The molecule has 100 valence electrons. The van der Waals surface area contributed by atoms with Crippen LogP contribution in [0.2, 0.25) is 5.15 Å². The highest BCUT2D eigenvalue weighted by atomic mass is 35.5. The number of aliphatic hydroxyl groups excluding tert-OH is 1. The molecule has 0 radical (unpaired) electrons. The Morgan fingerprint density at radius 3 is 2.61 bits per heavy atom. The molecule has 0 saturated heterocycles. The number of anilines is 1. The van der Waals surface area contributed by atoms with Crippen LogP contribution in [0.1, 0.15) is 24.8 Å². The van der Waals surface area contributed by atoms with Crippen LogP contribution in [0.3, 0.4) is 0 Å². The summed E-state index contributed by atoms with van der Waals surface area (Å²) in [6.07, 6.45) is -2.22. The molecule has 0 unspecified atom stereocenters. The molecule has 1 aliphatic carbocycles. The van der Waals surface area contributed by atoms with Crippen molar-refractivity contribution >= 4 is 17.5 Å². The first kappa shape index (κ1) is 13.4. The van der Waals surface area contributed by atoms with Gasteiger partial charge in [-0.25, -0.2) is 9.97 Å². The van der Waals surface area contributed by atoms with Crippen LogP contribution in [0.25, 0.3) is 0 Å². The monoisotopic (exact) mass is 281 g/mol. The third kappa shape index (κ3) is 2.84. The number of hydrogen-bond acceptors (Lipinski definition) is 4. The van der Waals surface area contributed by atoms with E-state index in [4.69, 9.17) is 11.6 Å². The van der Waals surface area contributed by atoms with Gasteiger partial charge in [-0.15, -0.1) is 0 Å². The molecule has 8 heteroatoms. The number of aliphatic hydroxyl groups is 1. The summed E-state index contributed by atoms with van der Waals surface area (Å²) < 4.78 is 37.3. The van der Waals surface area contributed by atoms with Crippen LogP contribution in [0.5, 0.6) is 0 Å². The number of alkyl halides is 3. The van der Waals surface area contributed by atoms with Crippen molar-refractivity contribution < 1.29 is 18.3 Å². The zero-order valence-electron chi connectivity index (χ0n) is 9.21. The first-order valence-corrected chi connectivity index (χ1v) is 5.80. The molecule has 1 aromatic heterocycles. The molecule has 1 aromatic rings. The van der Waals surface area contributed by atoms with Gasteiger partial charge in [-0.2, -0.15) is 13.2 Å². The van der Waals surface area contributed by atoms with E-state index in [2.05, 4.69) is 15.3 Å². The molecule has 18 heavy (non-hydrogen) atoms. The Labute approximate surface area is 106 Å². The first-order chi connectivity index (χ1) is 8.38. The highest BCUT2D eigenvalue weighted by Gasteiger charge is 2.35. The fourth-order valence-corrected chi connectivity index (χ4v) is 2.13. The zero-order valence-corrected chi connectivity index (χ0v) is 9.96. The lowest BCUT2D eigenvalue weighted by atomic mass is 10.2. The van der Waals surface area contributed by atoms with E-state index >= 15 is 0 Å². The third-order valence-electron chi connectivity index (χ3n) is 2.84. The minimum absolute atomic E-state index is 0.000972. The van der Waals surface area contributed by atoms with Crippen molar-refractivity contribution in [3.05, 3.63) is 16.9 Å². The molecule has 1 heterocycles. The summed E-state index contributed by atoms with van der Waals surface area (Å²) in [4.78, 5) is 7.12. The summed E-state index contributed by atoms with van der Waals surface area (Å²) >= 11 is 5.46. The Bertz CT molecular complexity index is 441. The van der Waals surface area contributed by atoms with Gasteiger partial charge >= 0.3 is 6.18 Å². The first-order valence-electron chi connectivity index (χ1n) is 5.42. The SMILES string of the molecule is O[C@@H]1CCC[C@@H]1Nc1ncc(C(F)(F)F)c(Cl)n1. The van der Waals surface area contributed by atoms with Crippen LogP contribution in [-0.2, 0) is 6.18 Å². The Balaban J connectivity index is 2.14. The number of nitrogens with one attached hydrogen (secondary N) is 1. The van der Waals surface area contributed by atoms with Crippen LogP contribution in [0, 0.1) is 0 Å². The smallest absolute Gasteiger partial charge is 0.391 e. The van der Waals surface area contributed by atoms with Gasteiger partial charge in [0.25, 0.3) is 0 Å². The van der Waals surface area contributed by atoms with E-state index in [9.17, 15) is 18.3 Å². The molecule has 2 N–H and O–H groups in total. The van der Waals surface area contributed by atoms with Crippen molar-refractivity contribution in [2.45, 2.75) is 37.6 Å². The second-order valence-electron chi connectivity index (χ2n) is 4.14. The molecular formula is C10H11ClF3N3O. The van der Waals surface area contributed by atoms with Crippen LogP contribution in [0.4, 0.5) is 19.1 Å². The number of rotatable bonds is 2. The van der Waals surface area contributed by atoms with Crippen molar-refractivity contribution in [2.24, 2.45) is 0 Å². The minimum atomic E-state index is -4.57. The number of hydrogen-bond donors (Lipinski definition) is 2. The Morgan fingerprint density at radius 2 is 2.11 bits per heavy atom. The number of halogens is 4. The lowest BCUT2D eigenvalue weighted by molar-refractivity contribution is -0.137. The normalized spacial score (nSPS) is 24.3. The average molecular weight is 282 g/mol. The van der Waals surface area contributed by atoms with E-state index in [0.29, 0.717) is 12.6 Å². The molecule has 2 rings (SSSR count). The van der Waals surface area contributed by atoms with E-state index in [-0.39, 0.29) is 12.0 Å². The predicted octanol–water partition coefficient (Wildman–Crippen LogP) is 2.47. The quantitative estimate of drug-likeness (QED) is 0.818. The molecule has 1 fully saturated rings. The third-order valence-corrected chi connectivity index (χ3v) is 3.13. The largest absolute Gasteiger partial charge is 0.420 e. The van der Waals surface area contributed by atoms with Gasteiger partial charge < -0.3 is 10.4 Å². The molecule has 1 aliphatic rings. The summed E-state index contributed by atoms with van der Waals surface area (Å²) in [6, 6.07) is -0.238. The predicted molar refractivity (Wildman–Crippen MR) is 59.3 cm³/mol. The van der Waals surface area contributed by atoms with Gasteiger partial charge in [-0.05, 0) is 19.3 Å². The van der Waals surface area contributed by atoms with Crippen LogP contribution in [-0.4, -0.2) is 27.2 Å². The van der Waals surface area contributed by atoms with E-state index in [1.807, 2.05) is 0 Å². The fourth-order valence-electron chi connectivity index (χ4n) is 1.90. The van der Waals surface area contributed by atoms with Gasteiger partial charge in [0.1, 0.15) is 10.7 Å². The Morgan fingerprint density at radius 1 is 1.39 bits per heavy atom. The van der Waals surface area contributed by atoms with Gasteiger partial charge in [-0.1, -0.05) is 11.6 Å². The fraction of sp³-hybridized carbons (Fsp3) is 0.600. The molecule has 0 spiro atoms.